The van der Waals surface area contributed by atoms with Gasteiger partial charge in [-0.05, 0) is 6.92 Å². The smallest absolute Gasteiger partial charge is 0.233 e. The molecular formula is C22H33ClN6O3S. The number of hydrogen-bond donors (Lipinski definition) is 0. The number of hydrogen-bond acceptors (Lipinski definition) is 7. The van der Waals surface area contributed by atoms with Gasteiger partial charge in [0, 0.05) is 70.3 Å². The van der Waals surface area contributed by atoms with Gasteiger partial charge in [0.1, 0.15) is 11.0 Å². The predicted octanol–water partition coefficient (Wildman–Crippen LogP) is 2.00. The number of aromatic nitrogens is 2. The highest BCUT2D eigenvalue weighted by atomic mass is 35.5. The SMILES string of the molecule is CC(=O)N1CCN(C(=O)CSc2nc(Cl)cc(N3CCN(C(=O)C(C)(C)C)C(C)C3)n2)CC1. The number of halogens is 1. The van der Waals surface area contributed by atoms with Gasteiger partial charge in [-0.3, -0.25) is 14.4 Å². The van der Waals surface area contributed by atoms with Crippen LogP contribution < -0.4 is 4.90 Å². The van der Waals surface area contributed by atoms with Crippen LogP contribution in [0.5, 0.6) is 0 Å². The van der Waals surface area contributed by atoms with E-state index in [0.29, 0.717) is 61.9 Å². The van der Waals surface area contributed by atoms with Gasteiger partial charge in [-0.15, -0.1) is 0 Å². The molecule has 1 atom stereocenters. The molecule has 0 aromatic carbocycles. The molecule has 2 saturated heterocycles. The lowest BCUT2D eigenvalue weighted by molar-refractivity contribution is -0.142. The molecule has 33 heavy (non-hydrogen) atoms. The van der Waals surface area contributed by atoms with Crippen LogP contribution in [0.15, 0.2) is 11.2 Å². The van der Waals surface area contributed by atoms with Gasteiger partial charge in [0.2, 0.25) is 17.7 Å². The number of carbonyl (C=O) groups is 3. The molecular weight excluding hydrogens is 464 g/mol. The van der Waals surface area contributed by atoms with Crippen molar-refractivity contribution < 1.29 is 14.4 Å². The largest absolute Gasteiger partial charge is 0.353 e. The fraction of sp³-hybridized carbons (Fsp3) is 0.682. The van der Waals surface area contributed by atoms with Crippen LogP contribution in [-0.4, -0.2) is 100.0 Å². The summed E-state index contributed by atoms with van der Waals surface area (Å²) < 4.78 is 0. The van der Waals surface area contributed by atoms with E-state index in [-0.39, 0.29) is 29.5 Å². The van der Waals surface area contributed by atoms with Crippen LogP contribution in [0.1, 0.15) is 34.6 Å². The summed E-state index contributed by atoms with van der Waals surface area (Å²) in [6, 6.07) is 1.77. The molecule has 9 nitrogen and oxygen atoms in total. The molecule has 0 saturated carbocycles. The second-order valence-corrected chi connectivity index (χ2v) is 10.9. The highest BCUT2D eigenvalue weighted by Crippen LogP contribution is 2.26. The van der Waals surface area contributed by atoms with Gasteiger partial charge in [0.25, 0.3) is 0 Å². The minimum atomic E-state index is -0.413. The van der Waals surface area contributed by atoms with E-state index in [1.807, 2.05) is 32.6 Å². The first kappa shape index (κ1) is 25.6. The summed E-state index contributed by atoms with van der Waals surface area (Å²) in [5, 5.41) is 0.778. The average Bonchev–Trinajstić information content (AvgIpc) is 2.76. The number of rotatable bonds is 4. The molecule has 0 aliphatic carbocycles. The molecule has 3 amide bonds. The van der Waals surface area contributed by atoms with Gasteiger partial charge in [0.05, 0.1) is 5.75 Å². The molecule has 0 N–H and O–H groups in total. The topological polar surface area (TPSA) is 90.0 Å². The Morgan fingerprint density at radius 1 is 1.06 bits per heavy atom. The summed E-state index contributed by atoms with van der Waals surface area (Å²) in [4.78, 5) is 53.2. The molecule has 3 heterocycles. The first-order chi connectivity index (χ1) is 15.5. The van der Waals surface area contributed by atoms with Gasteiger partial charge < -0.3 is 19.6 Å². The molecule has 3 rings (SSSR count). The molecule has 1 aromatic rings. The minimum absolute atomic E-state index is 0.00347. The van der Waals surface area contributed by atoms with Gasteiger partial charge in [-0.2, -0.15) is 0 Å². The van der Waals surface area contributed by atoms with E-state index >= 15 is 0 Å². The maximum atomic E-state index is 12.7. The van der Waals surface area contributed by atoms with Crippen molar-refractivity contribution in [2.24, 2.45) is 5.41 Å². The Morgan fingerprint density at radius 3 is 2.27 bits per heavy atom. The zero-order valence-electron chi connectivity index (χ0n) is 20.0. The Kier molecular flexibility index (Phi) is 8.10. The molecule has 0 spiro atoms. The van der Waals surface area contributed by atoms with Crippen LogP contribution in [0.3, 0.4) is 0 Å². The van der Waals surface area contributed by atoms with E-state index < -0.39 is 5.41 Å². The Bertz CT molecular complexity index is 901. The van der Waals surface area contributed by atoms with E-state index in [9.17, 15) is 14.4 Å². The summed E-state index contributed by atoms with van der Waals surface area (Å²) in [6.07, 6.45) is 0. The quantitative estimate of drug-likeness (QED) is 0.357. The van der Waals surface area contributed by atoms with Crippen molar-refractivity contribution in [2.45, 2.75) is 45.8 Å². The Morgan fingerprint density at radius 2 is 1.70 bits per heavy atom. The molecule has 2 aliphatic heterocycles. The Balaban J connectivity index is 1.58. The van der Waals surface area contributed by atoms with E-state index in [1.54, 1.807) is 22.8 Å². The van der Waals surface area contributed by atoms with Crippen molar-refractivity contribution in [3.8, 4) is 0 Å². The van der Waals surface area contributed by atoms with Crippen molar-refractivity contribution in [2.75, 3.05) is 56.5 Å². The zero-order valence-corrected chi connectivity index (χ0v) is 21.6. The van der Waals surface area contributed by atoms with E-state index in [4.69, 9.17) is 11.6 Å². The van der Waals surface area contributed by atoms with Crippen molar-refractivity contribution in [1.29, 1.82) is 0 Å². The second-order valence-electron chi connectivity index (χ2n) is 9.55. The number of nitrogens with zero attached hydrogens (tertiary/aromatic N) is 6. The zero-order chi connectivity index (χ0) is 24.3. The monoisotopic (exact) mass is 496 g/mol. The molecule has 1 aromatic heterocycles. The lowest BCUT2D eigenvalue weighted by Gasteiger charge is -2.42. The van der Waals surface area contributed by atoms with Gasteiger partial charge in [0.15, 0.2) is 5.16 Å². The summed E-state index contributed by atoms with van der Waals surface area (Å²) in [5.41, 5.74) is -0.413. The fourth-order valence-electron chi connectivity index (χ4n) is 4.00. The van der Waals surface area contributed by atoms with E-state index in [2.05, 4.69) is 14.9 Å². The van der Waals surface area contributed by atoms with Crippen molar-refractivity contribution in [3.05, 3.63) is 11.2 Å². The number of piperazine rings is 2. The molecule has 2 fully saturated rings. The third kappa shape index (κ3) is 6.50. The normalized spacial score (nSPS) is 19.6. The van der Waals surface area contributed by atoms with Gasteiger partial charge >= 0.3 is 0 Å². The van der Waals surface area contributed by atoms with E-state index in [1.165, 1.54) is 11.8 Å². The highest BCUT2D eigenvalue weighted by molar-refractivity contribution is 7.99. The molecule has 0 bridgehead atoms. The fourth-order valence-corrected chi connectivity index (χ4v) is 4.98. The molecule has 182 valence electrons. The molecule has 0 radical (unpaired) electrons. The highest BCUT2D eigenvalue weighted by Gasteiger charge is 2.34. The van der Waals surface area contributed by atoms with Gasteiger partial charge in [-0.1, -0.05) is 44.1 Å². The van der Waals surface area contributed by atoms with Crippen LogP contribution in [0.2, 0.25) is 5.15 Å². The lowest BCUT2D eigenvalue weighted by Crippen LogP contribution is -2.56. The van der Waals surface area contributed by atoms with E-state index in [0.717, 1.165) is 0 Å². The maximum Gasteiger partial charge on any atom is 0.233 e. The lowest BCUT2D eigenvalue weighted by atomic mass is 9.93. The average molecular weight is 497 g/mol. The van der Waals surface area contributed by atoms with Crippen LogP contribution in [0.25, 0.3) is 0 Å². The standard InChI is InChI=1S/C22H33ClN6O3S/c1-15-13-28(10-11-29(15)20(32)22(3,4)5)18-12-17(23)24-21(25-18)33-14-19(31)27-8-6-26(7-9-27)16(2)30/h12,15H,6-11,13-14H2,1-5H3. The summed E-state index contributed by atoms with van der Waals surface area (Å²) in [5.74, 6) is 1.10. The predicted molar refractivity (Wildman–Crippen MR) is 129 cm³/mol. The number of anilines is 1. The van der Waals surface area contributed by atoms with Crippen LogP contribution in [0.4, 0.5) is 5.82 Å². The number of carbonyl (C=O) groups excluding carboxylic acids is 3. The number of amides is 3. The van der Waals surface area contributed by atoms with Crippen molar-refractivity contribution >= 4 is 46.9 Å². The Labute approximate surface area is 204 Å². The van der Waals surface area contributed by atoms with Crippen molar-refractivity contribution in [3.63, 3.8) is 0 Å². The Hall–Kier alpha value is -2.07. The van der Waals surface area contributed by atoms with Crippen LogP contribution >= 0.6 is 23.4 Å². The minimum Gasteiger partial charge on any atom is -0.353 e. The summed E-state index contributed by atoms with van der Waals surface area (Å²) in [7, 11) is 0. The first-order valence-corrected chi connectivity index (χ1v) is 12.6. The van der Waals surface area contributed by atoms with Gasteiger partial charge in [-0.25, -0.2) is 9.97 Å². The van der Waals surface area contributed by atoms with Crippen molar-refractivity contribution in [1.82, 2.24) is 24.7 Å². The number of thioether (sulfide) groups is 1. The second kappa shape index (κ2) is 10.5. The van der Waals surface area contributed by atoms with Crippen LogP contribution in [0, 0.1) is 5.41 Å². The molecule has 2 aliphatic rings. The molecule has 11 heteroatoms. The molecule has 1 unspecified atom stereocenters. The maximum absolute atomic E-state index is 12.7. The third-order valence-corrected chi connectivity index (χ3v) is 6.94. The first-order valence-electron chi connectivity index (χ1n) is 11.2. The van der Waals surface area contributed by atoms with Crippen LogP contribution in [-0.2, 0) is 14.4 Å². The summed E-state index contributed by atoms with van der Waals surface area (Å²) >= 11 is 7.53. The summed E-state index contributed by atoms with van der Waals surface area (Å²) in [6.45, 7) is 13.5. The third-order valence-electron chi connectivity index (χ3n) is 5.92.